The van der Waals surface area contributed by atoms with Crippen LogP contribution in [-0.4, -0.2) is 32.0 Å². The van der Waals surface area contributed by atoms with Crippen molar-refractivity contribution in [2.45, 2.75) is 83.9 Å². The number of rotatable bonds is 12. The van der Waals surface area contributed by atoms with E-state index in [1.807, 2.05) is 6.92 Å². The van der Waals surface area contributed by atoms with Gasteiger partial charge in [-0.25, -0.2) is 8.42 Å². The molecule has 0 bridgehead atoms. The molecule has 0 fully saturated rings. The van der Waals surface area contributed by atoms with E-state index in [-0.39, 0.29) is 11.3 Å². The summed E-state index contributed by atoms with van der Waals surface area (Å²) in [6.45, 7) is 9.25. The van der Waals surface area contributed by atoms with Crippen LogP contribution >= 0.6 is 0 Å². The molecule has 0 spiro atoms. The molecule has 0 aliphatic carbocycles. The molecule has 1 N–H and O–H groups in total. The van der Waals surface area contributed by atoms with Gasteiger partial charge in [0.2, 0.25) is 0 Å². The number of nitrogens with one attached hydrogen (secondary N) is 1. The second-order valence-corrected chi connectivity index (χ2v) is 7.71. The van der Waals surface area contributed by atoms with Crippen LogP contribution in [0.4, 0.5) is 0 Å². The summed E-state index contributed by atoms with van der Waals surface area (Å²) in [6, 6.07) is 0.126. The molecule has 19 heavy (non-hydrogen) atoms. The van der Waals surface area contributed by atoms with E-state index in [4.69, 9.17) is 0 Å². The lowest BCUT2D eigenvalue weighted by Gasteiger charge is -2.27. The summed E-state index contributed by atoms with van der Waals surface area (Å²) in [4.78, 5) is 0. The van der Waals surface area contributed by atoms with Gasteiger partial charge in [0, 0.05) is 6.04 Å². The molecule has 3 nitrogen and oxygen atoms in total. The number of sulfone groups is 1. The van der Waals surface area contributed by atoms with Crippen LogP contribution in [0.3, 0.4) is 0 Å². The van der Waals surface area contributed by atoms with Crippen molar-refractivity contribution < 1.29 is 8.42 Å². The molecule has 0 aromatic rings. The zero-order valence-electron chi connectivity index (χ0n) is 13.2. The molecule has 0 amide bonds. The topological polar surface area (TPSA) is 46.2 Å². The Balaban J connectivity index is 4.70. The zero-order chi connectivity index (χ0) is 14.7. The number of unbranched alkanes of at least 4 members (excludes halogenated alkanes) is 2. The molecule has 0 saturated carbocycles. The summed E-state index contributed by atoms with van der Waals surface area (Å²) in [7, 11) is -2.96. The fraction of sp³-hybridized carbons (Fsp3) is 1.00. The molecule has 0 aliphatic rings. The van der Waals surface area contributed by atoms with Crippen LogP contribution in [0, 0.1) is 0 Å². The maximum absolute atomic E-state index is 12.5. The Kier molecular flexibility index (Phi) is 10.6. The third kappa shape index (κ3) is 7.31. The van der Waals surface area contributed by atoms with Crippen LogP contribution in [0.5, 0.6) is 0 Å². The SMILES string of the molecule is CCCCCS(=O)(=O)C(CC)C(CCC)NCCC. The molecule has 2 unspecified atom stereocenters. The van der Waals surface area contributed by atoms with Gasteiger partial charge in [0.25, 0.3) is 0 Å². The molecule has 0 saturated heterocycles. The van der Waals surface area contributed by atoms with Crippen LogP contribution < -0.4 is 5.32 Å². The molecule has 0 radical (unpaired) electrons. The average Bonchev–Trinajstić information content (AvgIpc) is 2.36. The summed E-state index contributed by atoms with van der Waals surface area (Å²) in [6.07, 6.45) is 6.63. The first-order valence-electron chi connectivity index (χ1n) is 7.98. The molecule has 0 rings (SSSR count). The van der Waals surface area contributed by atoms with Crippen molar-refractivity contribution in [3.05, 3.63) is 0 Å². The Hall–Kier alpha value is -0.0900. The van der Waals surface area contributed by atoms with E-state index in [0.717, 1.165) is 51.5 Å². The first-order chi connectivity index (χ1) is 9.03. The van der Waals surface area contributed by atoms with Crippen LogP contribution in [0.2, 0.25) is 0 Å². The molecule has 0 aliphatic heterocycles. The van der Waals surface area contributed by atoms with E-state index in [0.29, 0.717) is 5.75 Å². The third-order valence-electron chi connectivity index (χ3n) is 3.60. The second kappa shape index (κ2) is 10.7. The Bertz CT molecular complexity index is 301. The van der Waals surface area contributed by atoms with Gasteiger partial charge in [-0.05, 0) is 32.2 Å². The van der Waals surface area contributed by atoms with Gasteiger partial charge in [-0.2, -0.15) is 0 Å². The largest absolute Gasteiger partial charge is 0.313 e. The van der Waals surface area contributed by atoms with Gasteiger partial charge in [-0.3, -0.25) is 0 Å². The summed E-state index contributed by atoms with van der Waals surface area (Å²) >= 11 is 0. The van der Waals surface area contributed by atoms with Gasteiger partial charge in [0.05, 0.1) is 11.0 Å². The van der Waals surface area contributed by atoms with Crippen LogP contribution in [0.15, 0.2) is 0 Å². The lowest BCUT2D eigenvalue weighted by Crippen LogP contribution is -2.45. The maximum atomic E-state index is 12.5. The van der Waals surface area contributed by atoms with Crippen molar-refractivity contribution in [3.8, 4) is 0 Å². The van der Waals surface area contributed by atoms with E-state index < -0.39 is 9.84 Å². The summed E-state index contributed by atoms with van der Waals surface area (Å²) in [5.41, 5.74) is 0. The molecule has 0 aromatic carbocycles. The molecular weight excluding hydrogens is 258 g/mol. The van der Waals surface area contributed by atoms with Gasteiger partial charge in [0.1, 0.15) is 0 Å². The van der Waals surface area contributed by atoms with Gasteiger partial charge in [-0.15, -0.1) is 0 Å². The quantitative estimate of drug-likeness (QED) is 0.559. The minimum absolute atomic E-state index is 0.126. The first kappa shape index (κ1) is 18.9. The highest BCUT2D eigenvalue weighted by Crippen LogP contribution is 2.17. The lowest BCUT2D eigenvalue weighted by atomic mass is 10.1. The van der Waals surface area contributed by atoms with E-state index >= 15 is 0 Å². The third-order valence-corrected chi connectivity index (χ3v) is 6.04. The van der Waals surface area contributed by atoms with Crippen LogP contribution in [-0.2, 0) is 9.84 Å². The van der Waals surface area contributed by atoms with E-state index in [9.17, 15) is 8.42 Å². The predicted octanol–water partition coefficient (Wildman–Crippen LogP) is 3.54. The second-order valence-electron chi connectivity index (χ2n) is 5.37. The highest BCUT2D eigenvalue weighted by atomic mass is 32.2. The highest BCUT2D eigenvalue weighted by Gasteiger charge is 2.30. The van der Waals surface area contributed by atoms with Gasteiger partial charge >= 0.3 is 0 Å². The van der Waals surface area contributed by atoms with Crippen molar-refractivity contribution in [1.82, 2.24) is 5.32 Å². The summed E-state index contributed by atoms with van der Waals surface area (Å²) in [5.74, 6) is 0.355. The van der Waals surface area contributed by atoms with E-state index in [1.165, 1.54) is 0 Å². The first-order valence-corrected chi connectivity index (χ1v) is 9.69. The molecule has 0 heterocycles. The molecule has 0 aromatic heterocycles. The lowest BCUT2D eigenvalue weighted by molar-refractivity contribution is 0.436. The van der Waals surface area contributed by atoms with Crippen LogP contribution in [0.25, 0.3) is 0 Å². The Morgan fingerprint density at radius 1 is 0.947 bits per heavy atom. The molecular formula is C15H33NO2S. The highest BCUT2D eigenvalue weighted by molar-refractivity contribution is 7.92. The predicted molar refractivity (Wildman–Crippen MR) is 84.4 cm³/mol. The fourth-order valence-corrected chi connectivity index (χ4v) is 4.70. The van der Waals surface area contributed by atoms with Crippen molar-refractivity contribution in [1.29, 1.82) is 0 Å². The zero-order valence-corrected chi connectivity index (χ0v) is 14.1. The van der Waals surface area contributed by atoms with Crippen LogP contribution in [0.1, 0.15) is 72.6 Å². The average molecular weight is 292 g/mol. The summed E-state index contributed by atoms with van der Waals surface area (Å²) in [5, 5.41) is 3.23. The van der Waals surface area contributed by atoms with Crippen molar-refractivity contribution >= 4 is 9.84 Å². The van der Waals surface area contributed by atoms with Gasteiger partial charge in [0.15, 0.2) is 9.84 Å². The van der Waals surface area contributed by atoms with Gasteiger partial charge < -0.3 is 5.32 Å². The normalized spacial score (nSPS) is 15.4. The van der Waals surface area contributed by atoms with E-state index in [2.05, 4.69) is 26.1 Å². The Morgan fingerprint density at radius 3 is 2.11 bits per heavy atom. The van der Waals surface area contributed by atoms with Crippen molar-refractivity contribution in [3.63, 3.8) is 0 Å². The van der Waals surface area contributed by atoms with Crippen molar-refractivity contribution in [2.24, 2.45) is 0 Å². The smallest absolute Gasteiger partial charge is 0.154 e. The van der Waals surface area contributed by atoms with Crippen molar-refractivity contribution in [2.75, 3.05) is 12.3 Å². The molecule has 4 heteroatoms. The minimum atomic E-state index is -2.96. The molecule has 116 valence electrons. The Morgan fingerprint density at radius 2 is 1.63 bits per heavy atom. The Labute approximate surface area is 120 Å². The fourth-order valence-electron chi connectivity index (χ4n) is 2.55. The minimum Gasteiger partial charge on any atom is -0.313 e. The van der Waals surface area contributed by atoms with Gasteiger partial charge in [-0.1, -0.05) is 47.0 Å². The summed E-state index contributed by atoms with van der Waals surface area (Å²) < 4.78 is 25.0. The number of hydrogen-bond acceptors (Lipinski definition) is 3. The maximum Gasteiger partial charge on any atom is 0.154 e. The number of hydrogen-bond donors (Lipinski definition) is 1. The monoisotopic (exact) mass is 291 g/mol. The van der Waals surface area contributed by atoms with E-state index in [1.54, 1.807) is 0 Å². The standard InChI is InChI=1S/C15H33NO2S/c1-5-9-10-13-19(17,18)15(8-4)14(11-6-2)16-12-7-3/h14-16H,5-13H2,1-4H3. The molecule has 2 atom stereocenters.